The number of hydrogen-bond acceptors (Lipinski definition) is 5. The summed E-state index contributed by atoms with van der Waals surface area (Å²) in [6, 6.07) is 18.4. The average Bonchev–Trinajstić information content (AvgIpc) is 3.13. The summed E-state index contributed by atoms with van der Waals surface area (Å²) >= 11 is 0. The van der Waals surface area contributed by atoms with Crippen LogP contribution in [0.25, 0.3) is 16.8 Å². The molecule has 0 aliphatic carbocycles. The van der Waals surface area contributed by atoms with Crippen LogP contribution in [0.2, 0.25) is 0 Å². The molecule has 26 heavy (non-hydrogen) atoms. The van der Waals surface area contributed by atoms with Crippen molar-refractivity contribution in [2.45, 2.75) is 6.54 Å². The molecule has 1 aliphatic heterocycles. The molecule has 0 atom stereocenters. The molecule has 0 saturated carbocycles. The molecule has 134 valence electrons. The van der Waals surface area contributed by atoms with Crippen molar-refractivity contribution in [1.29, 1.82) is 0 Å². The fourth-order valence-electron chi connectivity index (χ4n) is 3.07. The van der Waals surface area contributed by atoms with E-state index in [0.717, 1.165) is 16.9 Å². The Morgan fingerprint density at radius 1 is 0.885 bits per heavy atom. The van der Waals surface area contributed by atoms with Crippen LogP contribution in [0.3, 0.4) is 0 Å². The van der Waals surface area contributed by atoms with Crippen LogP contribution in [0.1, 0.15) is 5.69 Å². The summed E-state index contributed by atoms with van der Waals surface area (Å²) in [6.07, 6.45) is 1.90. The summed E-state index contributed by atoms with van der Waals surface area (Å²) < 4.78 is 24.8. The van der Waals surface area contributed by atoms with Crippen LogP contribution in [0.4, 0.5) is 0 Å². The van der Waals surface area contributed by atoms with Crippen molar-refractivity contribution in [2.24, 2.45) is 0 Å². The normalized spacial score (nSPS) is 17.2. The molecule has 0 spiro atoms. The SMILES string of the molecule is O=S1(=O)CCN(Cc2cn(-c3ccc(-c4ccccc4)cc3)nn2)CC1. The van der Waals surface area contributed by atoms with Crippen molar-refractivity contribution < 1.29 is 8.42 Å². The van der Waals surface area contributed by atoms with E-state index in [1.165, 1.54) is 5.56 Å². The highest BCUT2D eigenvalue weighted by Gasteiger charge is 2.22. The summed E-state index contributed by atoms with van der Waals surface area (Å²) in [5.41, 5.74) is 4.13. The Hall–Kier alpha value is -2.51. The van der Waals surface area contributed by atoms with Crippen molar-refractivity contribution in [2.75, 3.05) is 24.6 Å². The number of rotatable bonds is 4. The largest absolute Gasteiger partial charge is 0.295 e. The van der Waals surface area contributed by atoms with Gasteiger partial charge in [0.05, 0.1) is 29.1 Å². The summed E-state index contributed by atoms with van der Waals surface area (Å²) in [5, 5.41) is 8.43. The molecule has 2 heterocycles. The summed E-state index contributed by atoms with van der Waals surface area (Å²) in [7, 11) is -2.86. The van der Waals surface area contributed by atoms with Gasteiger partial charge in [-0.15, -0.1) is 5.10 Å². The lowest BCUT2D eigenvalue weighted by atomic mass is 10.1. The third-order valence-corrected chi connectivity index (χ3v) is 6.21. The van der Waals surface area contributed by atoms with E-state index in [4.69, 9.17) is 0 Å². The molecule has 0 N–H and O–H groups in total. The Morgan fingerprint density at radius 2 is 1.54 bits per heavy atom. The van der Waals surface area contributed by atoms with Crippen LogP contribution in [-0.2, 0) is 16.4 Å². The van der Waals surface area contributed by atoms with Crippen molar-refractivity contribution in [3.8, 4) is 16.8 Å². The Labute approximate surface area is 153 Å². The molecule has 1 aromatic heterocycles. The highest BCUT2D eigenvalue weighted by Crippen LogP contribution is 2.20. The zero-order chi connectivity index (χ0) is 18.0. The summed E-state index contributed by atoms with van der Waals surface area (Å²) in [6.45, 7) is 1.74. The van der Waals surface area contributed by atoms with E-state index in [0.29, 0.717) is 19.6 Å². The van der Waals surface area contributed by atoms with Crippen LogP contribution in [0, 0.1) is 0 Å². The van der Waals surface area contributed by atoms with E-state index >= 15 is 0 Å². The second kappa shape index (κ2) is 7.01. The maximum Gasteiger partial charge on any atom is 0.152 e. The van der Waals surface area contributed by atoms with E-state index in [9.17, 15) is 8.42 Å². The number of nitrogens with zero attached hydrogens (tertiary/aromatic N) is 4. The van der Waals surface area contributed by atoms with Gasteiger partial charge in [-0.1, -0.05) is 47.7 Å². The fraction of sp³-hybridized carbons (Fsp3) is 0.263. The first-order chi connectivity index (χ1) is 12.6. The second-order valence-corrected chi connectivity index (χ2v) is 8.80. The minimum Gasteiger partial charge on any atom is -0.295 e. The van der Waals surface area contributed by atoms with Gasteiger partial charge in [0.1, 0.15) is 0 Å². The van der Waals surface area contributed by atoms with Gasteiger partial charge >= 0.3 is 0 Å². The van der Waals surface area contributed by atoms with Crippen LogP contribution >= 0.6 is 0 Å². The highest BCUT2D eigenvalue weighted by atomic mass is 32.2. The zero-order valence-electron chi connectivity index (χ0n) is 14.3. The lowest BCUT2D eigenvalue weighted by molar-refractivity contribution is 0.284. The van der Waals surface area contributed by atoms with E-state index < -0.39 is 9.84 Å². The zero-order valence-corrected chi connectivity index (χ0v) is 15.1. The minimum atomic E-state index is -2.86. The predicted molar refractivity (Wildman–Crippen MR) is 101 cm³/mol. The van der Waals surface area contributed by atoms with E-state index in [-0.39, 0.29) is 11.5 Å². The molecule has 7 heteroatoms. The Balaban J connectivity index is 1.45. The van der Waals surface area contributed by atoms with Gasteiger partial charge in [0, 0.05) is 19.6 Å². The lowest BCUT2D eigenvalue weighted by Crippen LogP contribution is -2.39. The number of benzene rings is 2. The fourth-order valence-corrected chi connectivity index (χ4v) is 4.35. The van der Waals surface area contributed by atoms with Crippen LogP contribution in [0.15, 0.2) is 60.8 Å². The van der Waals surface area contributed by atoms with Gasteiger partial charge in [0.15, 0.2) is 9.84 Å². The quantitative estimate of drug-likeness (QED) is 0.706. The van der Waals surface area contributed by atoms with Gasteiger partial charge in [0.2, 0.25) is 0 Å². The first kappa shape index (κ1) is 16.9. The molecule has 2 aromatic carbocycles. The topological polar surface area (TPSA) is 68.1 Å². The Bertz CT molecular complexity index is 968. The van der Waals surface area contributed by atoms with Crippen LogP contribution < -0.4 is 0 Å². The average molecular weight is 368 g/mol. The van der Waals surface area contributed by atoms with Gasteiger partial charge in [-0.2, -0.15) is 0 Å². The first-order valence-corrected chi connectivity index (χ1v) is 10.4. The van der Waals surface area contributed by atoms with Crippen molar-refractivity contribution in [1.82, 2.24) is 19.9 Å². The van der Waals surface area contributed by atoms with Gasteiger partial charge < -0.3 is 0 Å². The second-order valence-electron chi connectivity index (χ2n) is 6.50. The number of sulfone groups is 1. The van der Waals surface area contributed by atoms with Gasteiger partial charge in [-0.05, 0) is 23.3 Å². The molecule has 1 aliphatic rings. The Morgan fingerprint density at radius 3 is 2.23 bits per heavy atom. The molecule has 0 bridgehead atoms. The van der Waals surface area contributed by atoms with E-state index in [1.807, 2.05) is 36.5 Å². The first-order valence-electron chi connectivity index (χ1n) is 8.59. The van der Waals surface area contributed by atoms with Crippen LogP contribution in [-0.4, -0.2) is 52.9 Å². The van der Waals surface area contributed by atoms with Gasteiger partial charge in [0.25, 0.3) is 0 Å². The molecule has 6 nitrogen and oxygen atoms in total. The molecule has 0 radical (unpaired) electrons. The Kier molecular flexibility index (Phi) is 4.57. The third-order valence-electron chi connectivity index (χ3n) is 4.60. The monoisotopic (exact) mass is 368 g/mol. The van der Waals surface area contributed by atoms with Gasteiger partial charge in [-0.3, -0.25) is 4.90 Å². The third kappa shape index (κ3) is 3.84. The summed E-state index contributed by atoms with van der Waals surface area (Å²) in [4.78, 5) is 2.11. The number of hydrogen-bond donors (Lipinski definition) is 0. The molecular weight excluding hydrogens is 348 g/mol. The van der Waals surface area contributed by atoms with Crippen molar-refractivity contribution in [3.63, 3.8) is 0 Å². The van der Waals surface area contributed by atoms with E-state index in [2.05, 4.69) is 39.5 Å². The molecule has 1 saturated heterocycles. The minimum absolute atomic E-state index is 0.224. The lowest BCUT2D eigenvalue weighted by Gasteiger charge is -2.25. The van der Waals surface area contributed by atoms with E-state index in [1.54, 1.807) is 4.68 Å². The molecule has 0 amide bonds. The molecule has 1 fully saturated rings. The molecular formula is C19H20N4O2S. The maximum atomic E-state index is 11.5. The maximum absolute atomic E-state index is 11.5. The van der Waals surface area contributed by atoms with Crippen LogP contribution in [0.5, 0.6) is 0 Å². The highest BCUT2D eigenvalue weighted by molar-refractivity contribution is 7.91. The molecule has 3 aromatic rings. The predicted octanol–water partition coefficient (Wildman–Crippen LogP) is 2.16. The number of aromatic nitrogens is 3. The van der Waals surface area contributed by atoms with Gasteiger partial charge in [-0.25, -0.2) is 13.1 Å². The smallest absolute Gasteiger partial charge is 0.152 e. The molecule has 4 rings (SSSR count). The van der Waals surface area contributed by atoms with Crippen molar-refractivity contribution in [3.05, 3.63) is 66.5 Å². The van der Waals surface area contributed by atoms with Crippen molar-refractivity contribution >= 4 is 9.84 Å². The standard InChI is InChI=1S/C19H20N4O2S/c24-26(25)12-10-22(11-13-26)14-18-15-23(21-20-18)19-8-6-17(7-9-19)16-4-2-1-3-5-16/h1-9,15H,10-14H2. The summed E-state index contributed by atoms with van der Waals surface area (Å²) in [5.74, 6) is 0.449. The molecule has 0 unspecified atom stereocenters.